The van der Waals surface area contributed by atoms with Gasteiger partial charge >= 0.3 is 5.97 Å². The molecule has 2 aliphatic rings. The van der Waals surface area contributed by atoms with Gasteiger partial charge in [-0.3, -0.25) is 0 Å². The quantitative estimate of drug-likeness (QED) is 0.686. The first-order valence-electron chi connectivity index (χ1n) is 9.05. The number of nitrogen functional groups attached to an aromatic ring is 1. The fraction of sp³-hybridized carbons (Fsp3) is 0.250. The van der Waals surface area contributed by atoms with Crippen LogP contribution in [0.3, 0.4) is 0 Å². The van der Waals surface area contributed by atoms with Gasteiger partial charge in [-0.25, -0.2) is 19.2 Å². The van der Waals surface area contributed by atoms with Crippen molar-refractivity contribution in [2.24, 2.45) is 0 Å². The number of nitrogens with zero attached hydrogens (tertiary/aromatic N) is 3. The number of fused-ring (bicyclic) bond motifs is 1. The molecule has 0 spiro atoms. The van der Waals surface area contributed by atoms with Crippen molar-refractivity contribution < 1.29 is 19.4 Å². The van der Waals surface area contributed by atoms with E-state index in [4.69, 9.17) is 17.3 Å². The number of β-amino-alcohol motifs (C(OH)–C–C–N with tert-alkyl or cyclic N) is 1. The van der Waals surface area contributed by atoms with Crippen LogP contribution in [0.5, 0.6) is 0 Å². The molecule has 0 saturated heterocycles. The van der Waals surface area contributed by atoms with Crippen molar-refractivity contribution in [2.75, 3.05) is 23.8 Å². The van der Waals surface area contributed by atoms with Crippen molar-refractivity contribution in [3.05, 3.63) is 63.3 Å². The van der Waals surface area contributed by atoms with Crippen molar-refractivity contribution in [2.45, 2.75) is 19.3 Å². The molecule has 0 radical (unpaired) electrons. The Labute approximate surface area is 171 Å². The van der Waals surface area contributed by atoms with Crippen LogP contribution in [-0.2, 0) is 11.2 Å². The number of aliphatic carboxylic acids is 1. The highest BCUT2D eigenvalue weighted by atomic mass is 35.5. The smallest absolute Gasteiger partial charge is 0.337 e. The van der Waals surface area contributed by atoms with E-state index in [0.29, 0.717) is 28.3 Å². The van der Waals surface area contributed by atoms with Crippen LogP contribution in [0.1, 0.15) is 29.8 Å². The molecule has 2 heterocycles. The largest absolute Gasteiger partial charge is 0.478 e. The Morgan fingerprint density at radius 3 is 2.72 bits per heavy atom. The maximum atomic E-state index is 14.4. The highest BCUT2D eigenvalue weighted by molar-refractivity contribution is 6.30. The van der Waals surface area contributed by atoms with Gasteiger partial charge in [0.1, 0.15) is 17.3 Å². The number of hydrogen-bond acceptors (Lipinski definition) is 6. The number of benzene rings is 1. The summed E-state index contributed by atoms with van der Waals surface area (Å²) in [6.07, 6.45) is 3.08. The van der Waals surface area contributed by atoms with Crippen LogP contribution < -0.4 is 10.6 Å². The first-order valence-corrected chi connectivity index (χ1v) is 9.43. The minimum absolute atomic E-state index is 0.00186. The standard InChI is InChI=1S/C20H18ClFN4O3/c21-13-3-1-2-11(16(13)22)8-14-18(23)25-19-17(24-14)15(10-4-5-10)12(20(28)29)9-26(19)6-7-27/h1-3,9,27H,4-8H2,(H2,23,25)(H,28,29). The third kappa shape index (κ3) is 3.56. The molecule has 9 heteroatoms. The van der Waals surface area contributed by atoms with E-state index >= 15 is 0 Å². The summed E-state index contributed by atoms with van der Waals surface area (Å²) in [6.45, 7) is -0.0609. The van der Waals surface area contributed by atoms with Gasteiger partial charge in [-0.05, 0) is 24.5 Å². The van der Waals surface area contributed by atoms with Gasteiger partial charge in [0.15, 0.2) is 5.82 Å². The molecule has 0 bridgehead atoms. The summed E-state index contributed by atoms with van der Waals surface area (Å²) >= 11 is 5.86. The van der Waals surface area contributed by atoms with Gasteiger partial charge in [0.25, 0.3) is 0 Å². The summed E-state index contributed by atoms with van der Waals surface area (Å²) in [4.78, 5) is 22.4. The SMILES string of the molecule is Nc1nc2c(nc1Cc1cccc(Cl)c1F)C(=C1CC1)C(C(=O)O)=CN2CCO. The van der Waals surface area contributed by atoms with Gasteiger partial charge in [0.2, 0.25) is 0 Å². The maximum Gasteiger partial charge on any atom is 0.337 e. The molecule has 29 heavy (non-hydrogen) atoms. The minimum Gasteiger partial charge on any atom is -0.478 e. The second-order valence-corrected chi connectivity index (χ2v) is 7.27. The van der Waals surface area contributed by atoms with Gasteiger partial charge in [-0.15, -0.1) is 0 Å². The number of carboxylic acid groups (broad SMARTS) is 1. The molecule has 1 aromatic heterocycles. The molecule has 1 aliphatic heterocycles. The number of aliphatic hydroxyl groups is 1. The van der Waals surface area contributed by atoms with Gasteiger partial charge in [0.05, 0.1) is 22.9 Å². The van der Waals surface area contributed by atoms with Crippen molar-refractivity contribution in [3.8, 4) is 0 Å². The lowest BCUT2D eigenvalue weighted by atomic mass is 9.98. The van der Waals surface area contributed by atoms with Crippen LogP contribution in [0.2, 0.25) is 5.02 Å². The Bertz CT molecular complexity index is 1080. The van der Waals surface area contributed by atoms with Crippen LogP contribution in [0, 0.1) is 5.82 Å². The Morgan fingerprint density at radius 1 is 1.31 bits per heavy atom. The molecular formula is C20H18ClFN4O3. The van der Waals surface area contributed by atoms with E-state index in [2.05, 4.69) is 9.97 Å². The predicted molar refractivity (Wildman–Crippen MR) is 107 cm³/mol. The summed E-state index contributed by atoms with van der Waals surface area (Å²) in [5.41, 5.74) is 8.73. The molecule has 1 fully saturated rings. The number of allylic oxidation sites excluding steroid dienone is 1. The summed E-state index contributed by atoms with van der Waals surface area (Å²) < 4.78 is 14.4. The molecular weight excluding hydrogens is 399 g/mol. The number of nitrogens with two attached hydrogens (primary N) is 1. The molecule has 150 valence electrons. The fourth-order valence-electron chi connectivity index (χ4n) is 3.36. The van der Waals surface area contributed by atoms with Crippen molar-refractivity contribution in [3.63, 3.8) is 0 Å². The molecule has 4 rings (SSSR count). The van der Waals surface area contributed by atoms with E-state index in [1.54, 1.807) is 12.1 Å². The monoisotopic (exact) mass is 416 g/mol. The van der Waals surface area contributed by atoms with E-state index in [1.165, 1.54) is 17.2 Å². The van der Waals surface area contributed by atoms with Crippen LogP contribution in [0.25, 0.3) is 5.57 Å². The van der Waals surface area contributed by atoms with Crippen molar-refractivity contribution in [1.29, 1.82) is 0 Å². The van der Waals surface area contributed by atoms with Crippen molar-refractivity contribution >= 4 is 34.8 Å². The minimum atomic E-state index is -1.09. The van der Waals surface area contributed by atoms with E-state index in [-0.39, 0.29) is 36.0 Å². The van der Waals surface area contributed by atoms with Gasteiger partial charge in [-0.1, -0.05) is 29.3 Å². The van der Waals surface area contributed by atoms with Gasteiger partial charge in [-0.2, -0.15) is 0 Å². The Hall–Kier alpha value is -2.97. The van der Waals surface area contributed by atoms with Crippen molar-refractivity contribution in [1.82, 2.24) is 9.97 Å². The normalized spacial score (nSPS) is 15.3. The molecule has 1 saturated carbocycles. The number of anilines is 2. The first kappa shape index (κ1) is 19.4. The lowest BCUT2D eigenvalue weighted by Gasteiger charge is -2.28. The maximum absolute atomic E-state index is 14.4. The van der Waals surface area contributed by atoms with Crippen LogP contribution >= 0.6 is 11.6 Å². The molecule has 2 aromatic rings. The molecule has 0 amide bonds. The molecule has 1 aromatic carbocycles. The third-order valence-electron chi connectivity index (χ3n) is 4.86. The second kappa shape index (κ2) is 7.46. The zero-order valence-corrected chi connectivity index (χ0v) is 16.1. The van der Waals surface area contributed by atoms with Crippen LogP contribution in [0.4, 0.5) is 16.0 Å². The number of carbonyl (C=O) groups is 1. The number of rotatable bonds is 5. The average molecular weight is 417 g/mol. The Morgan fingerprint density at radius 2 is 2.07 bits per heavy atom. The third-order valence-corrected chi connectivity index (χ3v) is 5.15. The van der Waals surface area contributed by atoms with Crippen LogP contribution in [0.15, 0.2) is 35.5 Å². The van der Waals surface area contributed by atoms with E-state index < -0.39 is 11.8 Å². The zero-order valence-electron chi connectivity index (χ0n) is 15.3. The molecule has 1 aliphatic carbocycles. The lowest BCUT2D eigenvalue weighted by Crippen LogP contribution is -2.29. The first-order chi connectivity index (χ1) is 13.9. The summed E-state index contributed by atoms with van der Waals surface area (Å²) in [7, 11) is 0. The van der Waals surface area contributed by atoms with Gasteiger partial charge < -0.3 is 20.8 Å². The molecule has 0 atom stereocenters. The van der Waals surface area contributed by atoms with E-state index in [1.807, 2.05) is 0 Å². The zero-order chi connectivity index (χ0) is 20.7. The Balaban J connectivity index is 1.85. The topological polar surface area (TPSA) is 113 Å². The lowest BCUT2D eigenvalue weighted by molar-refractivity contribution is -0.132. The van der Waals surface area contributed by atoms with E-state index in [9.17, 15) is 19.4 Å². The average Bonchev–Trinajstić information content (AvgIpc) is 3.51. The summed E-state index contributed by atoms with van der Waals surface area (Å²) in [5, 5.41) is 19.1. The molecule has 7 nitrogen and oxygen atoms in total. The Kier molecular flexibility index (Phi) is 4.97. The second-order valence-electron chi connectivity index (χ2n) is 6.86. The van der Waals surface area contributed by atoms with E-state index in [0.717, 1.165) is 18.4 Å². The predicted octanol–water partition coefficient (Wildman–Crippen LogP) is 2.77. The number of carboxylic acids is 1. The summed E-state index contributed by atoms with van der Waals surface area (Å²) in [6, 6.07) is 4.67. The molecule has 0 unspecified atom stereocenters. The fourth-order valence-corrected chi connectivity index (χ4v) is 3.55. The molecule has 4 N–H and O–H groups in total. The van der Waals surface area contributed by atoms with Gasteiger partial charge in [0, 0.05) is 24.7 Å². The highest BCUT2D eigenvalue weighted by Crippen LogP contribution is 2.45. The number of halogens is 2. The summed E-state index contributed by atoms with van der Waals surface area (Å²) in [5.74, 6) is -1.15. The number of hydrogen-bond donors (Lipinski definition) is 3. The number of aromatic nitrogens is 2. The number of aliphatic hydroxyl groups excluding tert-OH is 1. The highest BCUT2D eigenvalue weighted by Gasteiger charge is 2.34. The van der Waals surface area contributed by atoms with Crippen LogP contribution in [-0.4, -0.2) is 39.3 Å².